The van der Waals surface area contributed by atoms with Crippen molar-refractivity contribution in [2.45, 2.75) is 0 Å². The Bertz CT molecular complexity index is 414. The lowest BCUT2D eigenvalue weighted by atomic mass is 10.2. The van der Waals surface area contributed by atoms with Crippen LogP contribution in [0.3, 0.4) is 0 Å². The second-order valence-electron chi connectivity index (χ2n) is 2.51. The molecule has 66 valence electrons. The van der Waals surface area contributed by atoms with Crippen molar-refractivity contribution in [3.63, 3.8) is 0 Å². The zero-order valence-corrected chi connectivity index (χ0v) is 8.84. The maximum Gasteiger partial charge on any atom is 0.124 e. The highest BCUT2D eigenvalue weighted by molar-refractivity contribution is 9.10. The lowest BCUT2D eigenvalue weighted by Crippen LogP contribution is -1.79. The van der Waals surface area contributed by atoms with Crippen molar-refractivity contribution in [3.8, 4) is 11.3 Å². The molecule has 0 N–H and O–H groups in total. The highest BCUT2D eigenvalue weighted by Gasteiger charge is 2.05. The van der Waals surface area contributed by atoms with E-state index in [9.17, 15) is 0 Å². The Hall–Kier alpha value is -0.800. The summed E-state index contributed by atoms with van der Waals surface area (Å²) in [6.45, 7) is 0. The standard InChI is InChI=1S/C9H5BrClNO/c10-8-2-1-6(11)5-7(8)9-3-4-13-12-9/h1-5H. The molecule has 0 spiro atoms. The molecule has 1 aromatic carbocycles. The fourth-order valence-electron chi connectivity index (χ4n) is 1.05. The predicted octanol–water partition coefficient (Wildman–Crippen LogP) is 3.76. The Morgan fingerprint density at radius 1 is 1.31 bits per heavy atom. The summed E-state index contributed by atoms with van der Waals surface area (Å²) in [7, 11) is 0. The van der Waals surface area contributed by atoms with E-state index in [1.807, 2.05) is 18.2 Å². The number of nitrogens with zero attached hydrogens (tertiary/aromatic N) is 1. The van der Waals surface area contributed by atoms with Crippen LogP contribution < -0.4 is 0 Å². The molecule has 13 heavy (non-hydrogen) atoms. The maximum atomic E-state index is 5.85. The van der Waals surface area contributed by atoms with E-state index in [1.165, 1.54) is 6.26 Å². The van der Waals surface area contributed by atoms with Gasteiger partial charge in [0.25, 0.3) is 0 Å². The molecule has 0 saturated carbocycles. The lowest BCUT2D eigenvalue weighted by Gasteiger charge is -1.99. The Morgan fingerprint density at radius 3 is 2.85 bits per heavy atom. The van der Waals surface area contributed by atoms with Gasteiger partial charge in [-0.05, 0) is 18.2 Å². The van der Waals surface area contributed by atoms with Crippen molar-refractivity contribution in [2.75, 3.05) is 0 Å². The highest BCUT2D eigenvalue weighted by Crippen LogP contribution is 2.29. The van der Waals surface area contributed by atoms with Crippen molar-refractivity contribution in [1.29, 1.82) is 0 Å². The SMILES string of the molecule is Clc1ccc(Br)c(-c2ccon2)c1. The van der Waals surface area contributed by atoms with Crippen molar-refractivity contribution in [2.24, 2.45) is 0 Å². The molecule has 0 aliphatic heterocycles. The molecule has 0 saturated heterocycles. The number of halogens is 2. The average Bonchev–Trinajstić information content (AvgIpc) is 2.61. The van der Waals surface area contributed by atoms with E-state index in [0.717, 1.165) is 15.7 Å². The van der Waals surface area contributed by atoms with Gasteiger partial charge in [0, 0.05) is 21.1 Å². The van der Waals surface area contributed by atoms with Crippen LogP contribution in [0.15, 0.2) is 39.5 Å². The molecule has 2 aromatic rings. The Kier molecular flexibility index (Phi) is 2.38. The molecule has 0 unspecified atom stereocenters. The summed E-state index contributed by atoms with van der Waals surface area (Å²) < 4.78 is 5.70. The maximum absolute atomic E-state index is 5.85. The molecular weight excluding hydrogens is 253 g/mol. The third kappa shape index (κ3) is 1.76. The zero-order valence-electron chi connectivity index (χ0n) is 6.50. The van der Waals surface area contributed by atoms with Gasteiger partial charge in [-0.25, -0.2) is 0 Å². The number of benzene rings is 1. The second kappa shape index (κ2) is 3.52. The first-order valence-corrected chi connectivity index (χ1v) is 4.80. The van der Waals surface area contributed by atoms with Crippen LogP contribution in [-0.2, 0) is 0 Å². The molecule has 1 heterocycles. The Labute approximate surface area is 88.6 Å². The first-order chi connectivity index (χ1) is 6.27. The van der Waals surface area contributed by atoms with Crippen LogP contribution >= 0.6 is 27.5 Å². The zero-order chi connectivity index (χ0) is 9.26. The molecule has 0 fully saturated rings. The largest absolute Gasteiger partial charge is 0.364 e. The minimum atomic E-state index is 0.682. The van der Waals surface area contributed by atoms with Gasteiger partial charge < -0.3 is 4.52 Å². The molecule has 0 radical (unpaired) electrons. The summed E-state index contributed by atoms with van der Waals surface area (Å²) in [5, 5.41) is 4.51. The molecule has 2 rings (SSSR count). The number of hydrogen-bond acceptors (Lipinski definition) is 2. The quantitative estimate of drug-likeness (QED) is 0.778. The van der Waals surface area contributed by atoms with E-state index >= 15 is 0 Å². The molecule has 2 nitrogen and oxygen atoms in total. The van der Waals surface area contributed by atoms with Crippen LogP contribution in [0.25, 0.3) is 11.3 Å². The van der Waals surface area contributed by atoms with Gasteiger partial charge in [0.15, 0.2) is 0 Å². The summed E-state index contributed by atoms with van der Waals surface area (Å²) in [6, 6.07) is 7.32. The molecule has 0 aliphatic carbocycles. The predicted molar refractivity (Wildman–Crippen MR) is 54.6 cm³/mol. The van der Waals surface area contributed by atoms with Crippen molar-refractivity contribution in [3.05, 3.63) is 40.0 Å². The molecule has 0 atom stereocenters. The molecule has 0 aliphatic rings. The topological polar surface area (TPSA) is 26.0 Å². The molecule has 0 bridgehead atoms. The molecular formula is C9H5BrClNO. The molecule has 4 heteroatoms. The average molecular weight is 259 g/mol. The van der Waals surface area contributed by atoms with Crippen LogP contribution in [-0.4, -0.2) is 5.16 Å². The monoisotopic (exact) mass is 257 g/mol. The van der Waals surface area contributed by atoms with Gasteiger partial charge in [-0.2, -0.15) is 0 Å². The third-order valence-corrected chi connectivity index (χ3v) is 2.57. The van der Waals surface area contributed by atoms with Crippen molar-refractivity contribution < 1.29 is 4.52 Å². The van der Waals surface area contributed by atoms with Gasteiger partial charge in [-0.3, -0.25) is 0 Å². The fourth-order valence-corrected chi connectivity index (χ4v) is 1.67. The van der Waals surface area contributed by atoms with E-state index in [1.54, 1.807) is 6.07 Å². The van der Waals surface area contributed by atoms with Crippen LogP contribution in [0, 0.1) is 0 Å². The van der Waals surface area contributed by atoms with E-state index in [0.29, 0.717) is 5.02 Å². The van der Waals surface area contributed by atoms with Gasteiger partial charge in [0.1, 0.15) is 12.0 Å². The highest BCUT2D eigenvalue weighted by atomic mass is 79.9. The second-order valence-corrected chi connectivity index (χ2v) is 3.80. The van der Waals surface area contributed by atoms with Crippen molar-refractivity contribution >= 4 is 27.5 Å². The van der Waals surface area contributed by atoms with Gasteiger partial charge in [0.2, 0.25) is 0 Å². The molecule has 0 amide bonds. The molecule has 1 aromatic heterocycles. The Morgan fingerprint density at radius 2 is 2.15 bits per heavy atom. The smallest absolute Gasteiger partial charge is 0.124 e. The first kappa shape index (κ1) is 8.78. The summed E-state index contributed by atoms with van der Waals surface area (Å²) in [4.78, 5) is 0. The minimum Gasteiger partial charge on any atom is -0.364 e. The van der Waals surface area contributed by atoms with E-state index in [4.69, 9.17) is 16.1 Å². The van der Waals surface area contributed by atoms with Crippen LogP contribution in [0.4, 0.5) is 0 Å². The van der Waals surface area contributed by atoms with E-state index < -0.39 is 0 Å². The van der Waals surface area contributed by atoms with Gasteiger partial charge in [0.05, 0.1) is 0 Å². The third-order valence-electron chi connectivity index (χ3n) is 1.64. The summed E-state index contributed by atoms with van der Waals surface area (Å²) in [5.41, 5.74) is 1.70. The normalized spacial score (nSPS) is 10.3. The first-order valence-electron chi connectivity index (χ1n) is 3.63. The van der Waals surface area contributed by atoms with Gasteiger partial charge in [-0.1, -0.05) is 32.7 Å². The van der Waals surface area contributed by atoms with Crippen LogP contribution in [0.1, 0.15) is 0 Å². The lowest BCUT2D eigenvalue weighted by molar-refractivity contribution is 0.422. The number of hydrogen-bond donors (Lipinski definition) is 0. The van der Waals surface area contributed by atoms with Crippen LogP contribution in [0.2, 0.25) is 5.02 Å². The van der Waals surface area contributed by atoms with Gasteiger partial charge >= 0.3 is 0 Å². The fraction of sp³-hybridized carbons (Fsp3) is 0. The summed E-state index contributed by atoms with van der Waals surface area (Å²) in [6.07, 6.45) is 1.53. The van der Waals surface area contributed by atoms with E-state index in [-0.39, 0.29) is 0 Å². The minimum absolute atomic E-state index is 0.682. The van der Waals surface area contributed by atoms with Crippen molar-refractivity contribution in [1.82, 2.24) is 5.16 Å². The van der Waals surface area contributed by atoms with Gasteiger partial charge in [-0.15, -0.1) is 0 Å². The van der Waals surface area contributed by atoms with E-state index in [2.05, 4.69) is 21.1 Å². The van der Waals surface area contributed by atoms with Crippen LogP contribution in [0.5, 0.6) is 0 Å². The number of rotatable bonds is 1. The summed E-state index contributed by atoms with van der Waals surface area (Å²) in [5.74, 6) is 0. The summed E-state index contributed by atoms with van der Waals surface area (Å²) >= 11 is 9.27. The Balaban J connectivity index is 2.57. The number of aromatic nitrogens is 1.